The summed E-state index contributed by atoms with van der Waals surface area (Å²) in [7, 11) is 0. The van der Waals surface area contributed by atoms with Gasteiger partial charge in [-0.1, -0.05) is 41.9 Å². The van der Waals surface area contributed by atoms with Gasteiger partial charge in [0.05, 0.1) is 5.52 Å². The van der Waals surface area contributed by atoms with Gasteiger partial charge in [-0.2, -0.15) is 0 Å². The summed E-state index contributed by atoms with van der Waals surface area (Å²) in [5, 5.41) is 4.61. The van der Waals surface area contributed by atoms with Crippen molar-refractivity contribution in [2.75, 3.05) is 5.32 Å². The first-order valence-corrected chi connectivity index (χ1v) is 9.66. The number of carbonyl (C=O) groups excluding carboxylic acids is 1. The molecule has 0 spiro atoms. The molecule has 1 heterocycles. The highest BCUT2D eigenvalue weighted by atomic mass is 35.5. The largest absolute Gasteiger partial charge is 0.322 e. The van der Waals surface area contributed by atoms with Crippen LogP contribution in [0.25, 0.3) is 22.0 Å². The number of nitrogens with one attached hydrogen (secondary N) is 1. The molecule has 0 unspecified atom stereocenters. The fourth-order valence-corrected chi connectivity index (χ4v) is 3.25. The number of nitrogens with zero attached hydrogens (tertiary/aromatic N) is 1. The number of hydrogen-bond donors (Lipinski definition) is 1. The van der Waals surface area contributed by atoms with Gasteiger partial charge in [0, 0.05) is 33.7 Å². The summed E-state index contributed by atoms with van der Waals surface area (Å²) >= 11 is 11.8. The van der Waals surface area contributed by atoms with Crippen LogP contribution in [0.5, 0.6) is 0 Å². The van der Waals surface area contributed by atoms with Crippen molar-refractivity contribution in [1.29, 1.82) is 0 Å². The van der Waals surface area contributed by atoms with E-state index in [1.54, 1.807) is 6.20 Å². The molecule has 0 aliphatic heterocycles. The van der Waals surface area contributed by atoms with Gasteiger partial charge in [0.1, 0.15) is 0 Å². The molecule has 3 aromatic carbocycles. The van der Waals surface area contributed by atoms with E-state index in [9.17, 15) is 4.79 Å². The van der Waals surface area contributed by atoms with E-state index in [2.05, 4.69) is 10.3 Å². The summed E-state index contributed by atoms with van der Waals surface area (Å²) in [4.78, 5) is 17.0. The molecule has 138 valence electrons. The average molecular weight is 407 g/mol. The normalized spacial score (nSPS) is 10.8. The van der Waals surface area contributed by atoms with Crippen molar-refractivity contribution in [2.24, 2.45) is 0 Å². The highest BCUT2D eigenvalue weighted by Crippen LogP contribution is 2.23. The van der Waals surface area contributed by atoms with Crippen LogP contribution in [-0.4, -0.2) is 10.9 Å². The van der Waals surface area contributed by atoms with E-state index in [-0.39, 0.29) is 5.91 Å². The second-order valence-corrected chi connectivity index (χ2v) is 7.13. The fraction of sp³-hybridized carbons (Fsp3) is 0.0435. The van der Waals surface area contributed by atoms with Crippen LogP contribution in [0, 0.1) is 0 Å². The van der Waals surface area contributed by atoms with Gasteiger partial charge < -0.3 is 5.32 Å². The van der Waals surface area contributed by atoms with Gasteiger partial charge in [0.2, 0.25) is 0 Å². The molecule has 0 saturated carbocycles. The average Bonchev–Trinajstić information content (AvgIpc) is 2.74. The molecule has 0 aliphatic rings. The summed E-state index contributed by atoms with van der Waals surface area (Å²) in [6.45, 7) is 0. The molecular formula is C23H16Cl2N2O. The lowest BCUT2D eigenvalue weighted by molar-refractivity contribution is 0.102. The monoisotopic (exact) mass is 406 g/mol. The van der Waals surface area contributed by atoms with Gasteiger partial charge >= 0.3 is 0 Å². The third-order valence-electron chi connectivity index (χ3n) is 4.48. The minimum atomic E-state index is -0.167. The SMILES string of the molecule is O=C(Nc1ccc2cc(CCl)cnc2c1)c1ccc(-c2ccc(Cl)cc2)cc1. The summed E-state index contributed by atoms with van der Waals surface area (Å²) in [5.74, 6) is 0.257. The number of rotatable bonds is 4. The number of fused-ring (bicyclic) bond motifs is 1. The third-order valence-corrected chi connectivity index (χ3v) is 5.04. The number of carbonyl (C=O) groups is 1. The Kier molecular flexibility index (Phi) is 5.29. The Balaban J connectivity index is 1.51. The van der Waals surface area contributed by atoms with Gasteiger partial charge in [-0.15, -0.1) is 11.6 Å². The maximum absolute atomic E-state index is 12.6. The van der Waals surface area contributed by atoms with Gasteiger partial charge in [0.15, 0.2) is 0 Å². The predicted molar refractivity (Wildman–Crippen MR) is 116 cm³/mol. The highest BCUT2D eigenvalue weighted by molar-refractivity contribution is 6.30. The zero-order valence-corrected chi connectivity index (χ0v) is 16.3. The number of amides is 1. The first-order valence-electron chi connectivity index (χ1n) is 8.74. The van der Waals surface area contributed by atoms with Crippen molar-refractivity contribution in [3.8, 4) is 11.1 Å². The Hall–Kier alpha value is -2.88. The van der Waals surface area contributed by atoms with E-state index in [0.29, 0.717) is 22.2 Å². The van der Waals surface area contributed by atoms with Crippen molar-refractivity contribution < 1.29 is 4.79 Å². The minimum Gasteiger partial charge on any atom is -0.322 e. The van der Waals surface area contributed by atoms with Crippen LogP contribution in [-0.2, 0) is 5.88 Å². The van der Waals surface area contributed by atoms with Gasteiger partial charge in [0.25, 0.3) is 5.91 Å². The molecule has 4 aromatic rings. The predicted octanol–water partition coefficient (Wildman–Crippen LogP) is 6.55. The van der Waals surface area contributed by atoms with Crippen LogP contribution < -0.4 is 5.32 Å². The van der Waals surface area contributed by atoms with E-state index < -0.39 is 0 Å². The summed E-state index contributed by atoms with van der Waals surface area (Å²) in [6.07, 6.45) is 1.75. The number of aromatic nitrogens is 1. The molecule has 0 atom stereocenters. The quantitative estimate of drug-likeness (QED) is 0.390. The standard InChI is InChI=1S/C23H16Cl2N2O/c24-13-15-11-19-7-10-21(12-22(19)26-14-15)27-23(28)18-3-1-16(2-4-18)17-5-8-20(25)9-6-17/h1-12,14H,13H2,(H,27,28). The number of pyridine rings is 1. The van der Waals surface area contributed by atoms with Crippen molar-refractivity contribution in [3.63, 3.8) is 0 Å². The van der Waals surface area contributed by atoms with E-state index in [1.165, 1.54) is 0 Å². The Morgan fingerprint density at radius 3 is 2.25 bits per heavy atom. The summed E-state index contributed by atoms with van der Waals surface area (Å²) < 4.78 is 0. The Labute approximate surface area is 172 Å². The van der Waals surface area contributed by atoms with Gasteiger partial charge in [-0.25, -0.2) is 0 Å². The van der Waals surface area contributed by atoms with Crippen LogP contribution in [0.1, 0.15) is 15.9 Å². The molecule has 0 bridgehead atoms. The van der Waals surface area contributed by atoms with Crippen LogP contribution >= 0.6 is 23.2 Å². The van der Waals surface area contributed by atoms with Crippen molar-refractivity contribution in [3.05, 3.63) is 95.1 Å². The molecule has 3 nitrogen and oxygen atoms in total. The van der Waals surface area contributed by atoms with Crippen molar-refractivity contribution in [2.45, 2.75) is 5.88 Å². The van der Waals surface area contributed by atoms with E-state index in [4.69, 9.17) is 23.2 Å². The lowest BCUT2D eigenvalue weighted by Gasteiger charge is -2.08. The van der Waals surface area contributed by atoms with E-state index in [1.807, 2.05) is 72.8 Å². The summed E-state index contributed by atoms with van der Waals surface area (Å²) in [6, 6.07) is 22.7. The maximum Gasteiger partial charge on any atom is 0.255 e. The van der Waals surface area contributed by atoms with Crippen LogP contribution in [0.3, 0.4) is 0 Å². The van der Waals surface area contributed by atoms with Crippen LogP contribution in [0.15, 0.2) is 79.0 Å². The van der Waals surface area contributed by atoms with Crippen LogP contribution in [0.2, 0.25) is 5.02 Å². The molecule has 0 fully saturated rings. The number of alkyl halides is 1. The van der Waals surface area contributed by atoms with E-state index in [0.717, 1.165) is 27.6 Å². The van der Waals surface area contributed by atoms with E-state index >= 15 is 0 Å². The topological polar surface area (TPSA) is 42.0 Å². The molecular weight excluding hydrogens is 391 g/mol. The summed E-state index contributed by atoms with van der Waals surface area (Å²) in [5.41, 5.74) is 5.14. The smallest absolute Gasteiger partial charge is 0.255 e. The number of hydrogen-bond acceptors (Lipinski definition) is 2. The van der Waals surface area contributed by atoms with Crippen molar-refractivity contribution in [1.82, 2.24) is 4.98 Å². The van der Waals surface area contributed by atoms with Gasteiger partial charge in [-0.3, -0.25) is 9.78 Å². The first kappa shape index (κ1) is 18.5. The van der Waals surface area contributed by atoms with Crippen molar-refractivity contribution >= 4 is 45.7 Å². The molecule has 1 aromatic heterocycles. The Bertz CT molecular complexity index is 1140. The highest BCUT2D eigenvalue weighted by Gasteiger charge is 2.08. The molecule has 1 amide bonds. The molecule has 4 rings (SSSR count). The van der Waals surface area contributed by atoms with Crippen LogP contribution in [0.4, 0.5) is 5.69 Å². The molecule has 28 heavy (non-hydrogen) atoms. The second-order valence-electron chi connectivity index (χ2n) is 6.42. The molecule has 0 aliphatic carbocycles. The second kappa shape index (κ2) is 8.01. The zero-order valence-electron chi connectivity index (χ0n) is 14.8. The minimum absolute atomic E-state index is 0.167. The Morgan fingerprint density at radius 1 is 0.893 bits per heavy atom. The lowest BCUT2D eigenvalue weighted by atomic mass is 10.0. The maximum atomic E-state index is 12.6. The molecule has 5 heteroatoms. The van der Waals surface area contributed by atoms with Gasteiger partial charge in [-0.05, 0) is 59.2 Å². The zero-order chi connectivity index (χ0) is 19.5. The lowest BCUT2D eigenvalue weighted by Crippen LogP contribution is -2.11. The molecule has 1 N–H and O–H groups in total. The fourth-order valence-electron chi connectivity index (χ4n) is 2.98. The number of benzene rings is 3. The Morgan fingerprint density at radius 2 is 1.57 bits per heavy atom. The third kappa shape index (κ3) is 4.01. The first-order chi connectivity index (χ1) is 13.6. The number of halogens is 2. The molecule has 0 saturated heterocycles. The molecule has 0 radical (unpaired) electrons. The number of anilines is 1.